The van der Waals surface area contributed by atoms with E-state index in [0.717, 1.165) is 44.9 Å². The molecule has 190 valence electrons. The van der Waals surface area contributed by atoms with E-state index < -0.39 is 5.97 Å². The van der Waals surface area contributed by atoms with Gasteiger partial charge in [-0.3, -0.25) is 0 Å². The fourth-order valence-electron chi connectivity index (χ4n) is 4.15. The standard InChI is InChI=1S/C28H54O4/c1-4-7-10-13-15-16-19-21-24-26(23-20-18-14-11-8-5-2)28(30)32-31-27(29)25-22-17-12-9-6-3/h26H,4-25H2,1-3H3. The zero-order chi connectivity index (χ0) is 23.7. The minimum Gasteiger partial charge on any atom is -0.247 e. The van der Waals surface area contributed by atoms with Crippen molar-refractivity contribution in [2.75, 3.05) is 0 Å². The highest BCUT2D eigenvalue weighted by Gasteiger charge is 2.22. The third kappa shape index (κ3) is 20.8. The molecule has 1 unspecified atom stereocenters. The van der Waals surface area contributed by atoms with Crippen LogP contribution in [0.25, 0.3) is 0 Å². The van der Waals surface area contributed by atoms with E-state index >= 15 is 0 Å². The van der Waals surface area contributed by atoms with Gasteiger partial charge in [0.15, 0.2) is 0 Å². The molecule has 4 nitrogen and oxygen atoms in total. The van der Waals surface area contributed by atoms with E-state index in [0.29, 0.717) is 6.42 Å². The predicted octanol–water partition coefficient (Wildman–Crippen LogP) is 9.25. The Balaban J connectivity index is 4.18. The summed E-state index contributed by atoms with van der Waals surface area (Å²) in [5.41, 5.74) is 0. The van der Waals surface area contributed by atoms with E-state index in [9.17, 15) is 9.59 Å². The van der Waals surface area contributed by atoms with Crippen LogP contribution in [0.4, 0.5) is 0 Å². The molecule has 0 fully saturated rings. The highest BCUT2D eigenvalue weighted by atomic mass is 17.2. The predicted molar refractivity (Wildman–Crippen MR) is 134 cm³/mol. The number of carbonyl (C=O) groups is 2. The van der Waals surface area contributed by atoms with Gasteiger partial charge in [-0.1, -0.05) is 136 Å². The van der Waals surface area contributed by atoms with Crippen LogP contribution in [0.2, 0.25) is 0 Å². The molecule has 0 saturated heterocycles. The van der Waals surface area contributed by atoms with Crippen LogP contribution in [0, 0.1) is 5.92 Å². The number of unbranched alkanes of at least 4 members (excludes halogenated alkanes) is 16. The van der Waals surface area contributed by atoms with Crippen LogP contribution in [0.5, 0.6) is 0 Å². The van der Waals surface area contributed by atoms with Crippen molar-refractivity contribution in [1.82, 2.24) is 0 Å². The number of carbonyl (C=O) groups excluding carboxylic acids is 2. The molecule has 0 aromatic heterocycles. The molecule has 0 aromatic carbocycles. The molecule has 0 heterocycles. The summed E-state index contributed by atoms with van der Waals surface area (Å²) < 4.78 is 0. The van der Waals surface area contributed by atoms with Gasteiger partial charge in [-0.05, 0) is 19.3 Å². The largest absolute Gasteiger partial charge is 0.358 e. The van der Waals surface area contributed by atoms with Crippen molar-refractivity contribution >= 4 is 11.9 Å². The van der Waals surface area contributed by atoms with E-state index in [2.05, 4.69) is 20.8 Å². The molecule has 32 heavy (non-hydrogen) atoms. The van der Waals surface area contributed by atoms with Crippen molar-refractivity contribution in [2.24, 2.45) is 5.92 Å². The van der Waals surface area contributed by atoms with Gasteiger partial charge in [0.05, 0.1) is 12.3 Å². The van der Waals surface area contributed by atoms with E-state index in [1.165, 1.54) is 89.9 Å². The summed E-state index contributed by atoms with van der Waals surface area (Å²) >= 11 is 0. The van der Waals surface area contributed by atoms with Gasteiger partial charge in [0.1, 0.15) is 0 Å². The zero-order valence-corrected chi connectivity index (χ0v) is 21.8. The molecule has 1 atom stereocenters. The molecular formula is C28H54O4. The Morgan fingerprint density at radius 3 is 1.31 bits per heavy atom. The highest BCUT2D eigenvalue weighted by Crippen LogP contribution is 2.21. The third-order valence-electron chi connectivity index (χ3n) is 6.35. The lowest BCUT2D eigenvalue weighted by atomic mass is 9.94. The van der Waals surface area contributed by atoms with Crippen molar-refractivity contribution in [3.8, 4) is 0 Å². The van der Waals surface area contributed by atoms with Crippen LogP contribution in [-0.4, -0.2) is 11.9 Å². The van der Waals surface area contributed by atoms with Crippen LogP contribution in [0.1, 0.15) is 162 Å². The molecule has 0 aliphatic heterocycles. The van der Waals surface area contributed by atoms with E-state index in [-0.39, 0.29) is 11.9 Å². The van der Waals surface area contributed by atoms with E-state index in [1.54, 1.807) is 0 Å². The van der Waals surface area contributed by atoms with Crippen molar-refractivity contribution < 1.29 is 19.4 Å². The van der Waals surface area contributed by atoms with Crippen LogP contribution < -0.4 is 0 Å². The van der Waals surface area contributed by atoms with Gasteiger partial charge < -0.3 is 0 Å². The van der Waals surface area contributed by atoms with Crippen LogP contribution >= 0.6 is 0 Å². The number of hydrogen-bond acceptors (Lipinski definition) is 4. The Morgan fingerprint density at radius 2 is 0.875 bits per heavy atom. The molecule has 0 bridgehead atoms. The van der Waals surface area contributed by atoms with E-state index in [1.807, 2.05) is 0 Å². The first-order valence-corrected chi connectivity index (χ1v) is 14.1. The molecule has 0 spiro atoms. The van der Waals surface area contributed by atoms with Gasteiger partial charge in [-0.15, -0.1) is 0 Å². The van der Waals surface area contributed by atoms with Gasteiger partial charge in [-0.2, -0.15) is 0 Å². The summed E-state index contributed by atoms with van der Waals surface area (Å²) in [5.74, 6) is -0.903. The summed E-state index contributed by atoms with van der Waals surface area (Å²) in [7, 11) is 0. The topological polar surface area (TPSA) is 52.6 Å². The van der Waals surface area contributed by atoms with Crippen LogP contribution in [-0.2, 0) is 19.4 Å². The summed E-state index contributed by atoms with van der Waals surface area (Å²) in [6.45, 7) is 6.64. The zero-order valence-electron chi connectivity index (χ0n) is 21.8. The van der Waals surface area contributed by atoms with Gasteiger partial charge in [0, 0.05) is 0 Å². The second kappa shape index (κ2) is 24.6. The summed E-state index contributed by atoms with van der Waals surface area (Å²) in [6.07, 6.45) is 24.7. The van der Waals surface area contributed by atoms with Gasteiger partial charge in [0.25, 0.3) is 0 Å². The average Bonchev–Trinajstić information content (AvgIpc) is 2.79. The lowest BCUT2D eigenvalue weighted by Crippen LogP contribution is -2.20. The van der Waals surface area contributed by atoms with Gasteiger partial charge in [-0.25, -0.2) is 19.4 Å². The second-order valence-electron chi connectivity index (χ2n) is 9.54. The van der Waals surface area contributed by atoms with Crippen molar-refractivity contribution in [3.05, 3.63) is 0 Å². The molecule has 0 amide bonds. The number of rotatable bonds is 23. The molecule has 0 saturated carbocycles. The molecule has 0 aromatic rings. The Bertz CT molecular complexity index is 422. The number of hydrogen-bond donors (Lipinski definition) is 0. The molecule has 0 aliphatic carbocycles. The van der Waals surface area contributed by atoms with Gasteiger partial charge in [0.2, 0.25) is 0 Å². The summed E-state index contributed by atoms with van der Waals surface area (Å²) in [5, 5.41) is 0. The molecule has 0 aliphatic rings. The summed E-state index contributed by atoms with van der Waals surface area (Å²) in [6, 6.07) is 0. The molecule has 0 rings (SSSR count). The SMILES string of the molecule is CCCCCCCCCCC(CCCCCCCC)C(=O)OOC(=O)CCCCCCC. The maximum absolute atomic E-state index is 12.6. The third-order valence-corrected chi connectivity index (χ3v) is 6.35. The van der Waals surface area contributed by atoms with E-state index in [4.69, 9.17) is 9.78 Å². The summed E-state index contributed by atoms with van der Waals surface area (Å²) in [4.78, 5) is 34.3. The minimum atomic E-state index is -0.416. The molecule has 4 heteroatoms. The molecule has 0 N–H and O–H groups in total. The van der Waals surface area contributed by atoms with Crippen LogP contribution in [0.3, 0.4) is 0 Å². The lowest BCUT2D eigenvalue weighted by molar-refractivity contribution is -0.262. The second-order valence-corrected chi connectivity index (χ2v) is 9.54. The molecular weight excluding hydrogens is 400 g/mol. The maximum Gasteiger partial charge on any atom is 0.358 e. The van der Waals surface area contributed by atoms with Crippen molar-refractivity contribution in [3.63, 3.8) is 0 Å². The monoisotopic (exact) mass is 454 g/mol. The maximum atomic E-state index is 12.6. The van der Waals surface area contributed by atoms with Crippen molar-refractivity contribution in [1.29, 1.82) is 0 Å². The normalized spacial score (nSPS) is 12.0. The Labute approximate surface area is 199 Å². The smallest absolute Gasteiger partial charge is 0.247 e. The minimum absolute atomic E-state index is 0.140. The first kappa shape index (κ1) is 30.9. The quantitative estimate of drug-likeness (QED) is 0.0876. The lowest BCUT2D eigenvalue weighted by Gasteiger charge is -2.14. The van der Waals surface area contributed by atoms with Crippen molar-refractivity contribution in [2.45, 2.75) is 162 Å². The Morgan fingerprint density at radius 1 is 0.500 bits per heavy atom. The van der Waals surface area contributed by atoms with Gasteiger partial charge >= 0.3 is 11.9 Å². The first-order chi connectivity index (χ1) is 15.7. The fourth-order valence-corrected chi connectivity index (χ4v) is 4.15. The first-order valence-electron chi connectivity index (χ1n) is 14.1. The Kier molecular flexibility index (Phi) is 23.8. The molecule has 0 radical (unpaired) electrons. The average molecular weight is 455 g/mol. The Hall–Kier alpha value is -1.06. The van der Waals surface area contributed by atoms with Crippen LogP contribution in [0.15, 0.2) is 0 Å². The fraction of sp³-hybridized carbons (Fsp3) is 0.929. The highest BCUT2D eigenvalue weighted by molar-refractivity contribution is 5.74.